The van der Waals surface area contributed by atoms with Crippen LogP contribution >= 0.6 is 11.6 Å². The highest BCUT2D eigenvalue weighted by Crippen LogP contribution is 2.38. The number of nitrogens with zero attached hydrogens (tertiary/aromatic N) is 1. The second-order valence-corrected chi connectivity index (χ2v) is 4.70. The fourth-order valence-electron chi connectivity index (χ4n) is 2.26. The van der Waals surface area contributed by atoms with E-state index in [0.717, 1.165) is 22.2 Å². The van der Waals surface area contributed by atoms with E-state index in [1.807, 2.05) is 18.2 Å². The molecule has 0 N–H and O–H groups in total. The minimum Gasteiger partial charge on any atom is -0.454 e. The number of halogens is 1. The molecule has 0 unspecified atom stereocenters. The van der Waals surface area contributed by atoms with Crippen molar-refractivity contribution >= 4 is 22.5 Å². The molecule has 98 valence electrons. The first-order valence-corrected chi connectivity index (χ1v) is 6.32. The first-order valence-electron chi connectivity index (χ1n) is 5.94. The van der Waals surface area contributed by atoms with Crippen LogP contribution in [0.4, 0.5) is 0 Å². The quantitative estimate of drug-likeness (QED) is 0.751. The molecule has 0 saturated carbocycles. The van der Waals surface area contributed by atoms with Gasteiger partial charge in [-0.3, -0.25) is 0 Å². The summed E-state index contributed by atoms with van der Waals surface area (Å²) in [4.78, 5) is 4.37. The van der Waals surface area contributed by atoms with Gasteiger partial charge in [-0.15, -0.1) is 0 Å². The highest BCUT2D eigenvalue weighted by molar-refractivity contribution is 6.30. The molecule has 1 aromatic heterocycles. The van der Waals surface area contributed by atoms with Crippen LogP contribution in [0.2, 0.25) is 5.15 Å². The van der Waals surface area contributed by atoms with E-state index in [9.17, 15) is 0 Å². The van der Waals surface area contributed by atoms with Gasteiger partial charge in [-0.25, -0.2) is 4.98 Å². The van der Waals surface area contributed by atoms with Crippen LogP contribution in [0.5, 0.6) is 11.5 Å². The lowest BCUT2D eigenvalue weighted by molar-refractivity contribution is -0.0441. The predicted octanol–water partition coefficient (Wildman–Crippen LogP) is 2.66. The van der Waals surface area contributed by atoms with E-state index in [2.05, 4.69) is 4.98 Å². The van der Waals surface area contributed by atoms with Crippen molar-refractivity contribution in [3.05, 3.63) is 28.9 Å². The van der Waals surface area contributed by atoms with Crippen molar-refractivity contribution in [2.24, 2.45) is 0 Å². The summed E-state index contributed by atoms with van der Waals surface area (Å²) < 4.78 is 21.6. The molecule has 0 amide bonds. The summed E-state index contributed by atoms with van der Waals surface area (Å²) >= 11 is 6.19. The molecule has 3 heterocycles. The highest BCUT2D eigenvalue weighted by Gasteiger charge is 2.23. The Labute approximate surface area is 114 Å². The molecule has 1 fully saturated rings. The smallest absolute Gasteiger partial charge is 0.231 e. The minimum atomic E-state index is -0.435. The molecule has 0 radical (unpaired) electrons. The number of pyridine rings is 1. The Bertz CT molecular complexity index is 655. The SMILES string of the molecule is Clc1nc2cc3c(cc2cc1C1OCCO1)OCO3. The van der Waals surface area contributed by atoms with Crippen molar-refractivity contribution in [1.29, 1.82) is 0 Å². The van der Waals surface area contributed by atoms with E-state index in [4.69, 9.17) is 30.5 Å². The largest absolute Gasteiger partial charge is 0.454 e. The molecule has 2 aromatic rings. The van der Waals surface area contributed by atoms with Crippen molar-refractivity contribution in [3.63, 3.8) is 0 Å². The Morgan fingerprint density at radius 2 is 1.79 bits per heavy atom. The highest BCUT2D eigenvalue weighted by atomic mass is 35.5. The summed E-state index contributed by atoms with van der Waals surface area (Å²) in [5.74, 6) is 1.41. The third kappa shape index (κ3) is 1.82. The fraction of sp³-hybridized carbons (Fsp3) is 0.308. The Morgan fingerprint density at radius 3 is 2.58 bits per heavy atom. The predicted molar refractivity (Wildman–Crippen MR) is 67.5 cm³/mol. The van der Waals surface area contributed by atoms with Crippen LogP contribution in [0.25, 0.3) is 10.9 Å². The average molecular weight is 280 g/mol. The van der Waals surface area contributed by atoms with Crippen LogP contribution in [0.1, 0.15) is 11.9 Å². The first-order chi connectivity index (χ1) is 9.31. The molecule has 0 bridgehead atoms. The van der Waals surface area contributed by atoms with Crippen LogP contribution in [0.15, 0.2) is 18.2 Å². The number of aromatic nitrogens is 1. The zero-order valence-electron chi connectivity index (χ0n) is 9.89. The number of hydrogen-bond donors (Lipinski definition) is 0. The van der Waals surface area contributed by atoms with Crippen LogP contribution in [-0.2, 0) is 9.47 Å². The molecule has 1 aromatic carbocycles. The van der Waals surface area contributed by atoms with Gasteiger partial charge in [0.15, 0.2) is 17.8 Å². The molecule has 1 saturated heterocycles. The first kappa shape index (κ1) is 11.3. The molecule has 2 aliphatic heterocycles. The van der Waals surface area contributed by atoms with E-state index in [-0.39, 0.29) is 6.79 Å². The normalized spacial score (nSPS) is 18.4. The topological polar surface area (TPSA) is 49.8 Å². The van der Waals surface area contributed by atoms with Gasteiger partial charge in [0.1, 0.15) is 5.15 Å². The van der Waals surface area contributed by atoms with E-state index in [1.165, 1.54) is 0 Å². The Kier molecular flexibility index (Phi) is 2.51. The second-order valence-electron chi connectivity index (χ2n) is 4.34. The van der Waals surface area contributed by atoms with Crippen molar-refractivity contribution < 1.29 is 18.9 Å². The van der Waals surface area contributed by atoms with Crippen LogP contribution in [0, 0.1) is 0 Å². The number of rotatable bonds is 1. The Morgan fingerprint density at radius 1 is 1.05 bits per heavy atom. The molecule has 5 nitrogen and oxygen atoms in total. The fourth-order valence-corrected chi connectivity index (χ4v) is 2.49. The molecular formula is C13H10ClNO4. The standard InChI is InChI=1S/C13H10ClNO4/c14-12-8(13-16-1-2-17-13)3-7-4-10-11(19-6-18-10)5-9(7)15-12/h3-5,13H,1-2,6H2. The number of hydrogen-bond acceptors (Lipinski definition) is 5. The number of ether oxygens (including phenoxy) is 4. The molecule has 0 aliphatic carbocycles. The molecule has 0 spiro atoms. The van der Waals surface area contributed by atoms with Gasteiger partial charge in [0.05, 0.1) is 18.7 Å². The van der Waals surface area contributed by atoms with Crippen LogP contribution < -0.4 is 9.47 Å². The lowest BCUT2D eigenvalue weighted by Gasteiger charge is -2.12. The summed E-state index contributed by atoms with van der Waals surface area (Å²) in [6, 6.07) is 5.63. The summed E-state index contributed by atoms with van der Waals surface area (Å²) in [5.41, 5.74) is 1.50. The van der Waals surface area contributed by atoms with Gasteiger partial charge in [0, 0.05) is 17.0 Å². The van der Waals surface area contributed by atoms with Gasteiger partial charge < -0.3 is 18.9 Å². The van der Waals surface area contributed by atoms with Gasteiger partial charge in [-0.2, -0.15) is 0 Å². The third-order valence-electron chi connectivity index (χ3n) is 3.17. The lowest BCUT2D eigenvalue weighted by Crippen LogP contribution is -2.00. The van der Waals surface area contributed by atoms with E-state index in [0.29, 0.717) is 24.1 Å². The zero-order chi connectivity index (χ0) is 12.8. The molecule has 0 atom stereocenters. The van der Waals surface area contributed by atoms with Crippen LogP contribution in [-0.4, -0.2) is 25.0 Å². The van der Waals surface area contributed by atoms with Crippen molar-refractivity contribution in [1.82, 2.24) is 4.98 Å². The Balaban J connectivity index is 1.87. The molecular weight excluding hydrogens is 270 g/mol. The minimum absolute atomic E-state index is 0.237. The molecule has 19 heavy (non-hydrogen) atoms. The van der Waals surface area contributed by atoms with Crippen LogP contribution in [0.3, 0.4) is 0 Å². The maximum Gasteiger partial charge on any atom is 0.231 e. The molecule has 2 aliphatic rings. The second kappa shape index (κ2) is 4.23. The summed E-state index contributed by atoms with van der Waals surface area (Å²) in [6.45, 7) is 1.38. The van der Waals surface area contributed by atoms with Gasteiger partial charge in [0.2, 0.25) is 6.79 Å². The zero-order valence-corrected chi connectivity index (χ0v) is 10.6. The molecule has 6 heteroatoms. The maximum atomic E-state index is 6.19. The van der Waals surface area contributed by atoms with Gasteiger partial charge >= 0.3 is 0 Å². The van der Waals surface area contributed by atoms with Crippen molar-refractivity contribution in [2.75, 3.05) is 20.0 Å². The van der Waals surface area contributed by atoms with Crippen molar-refractivity contribution in [2.45, 2.75) is 6.29 Å². The Hall–Kier alpha value is -1.56. The lowest BCUT2D eigenvalue weighted by atomic mass is 10.1. The van der Waals surface area contributed by atoms with Crippen molar-refractivity contribution in [3.8, 4) is 11.5 Å². The molecule has 4 rings (SSSR count). The van der Waals surface area contributed by atoms with E-state index < -0.39 is 6.29 Å². The van der Waals surface area contributed by atoms with E-state index in [1.54, 1.807) is 0 Å². The monoisotopic (exact) mass is 279 g/mol. The summed E-state index contributed by atoms with van der Waals surface area (Å²) in [6.07, 6.45) is -0.435. The summed E-state index contributed by atoms with van der Waals surface area (Å²) in [7, 11) is 0. The van der Waals surface area contributed by atoms with Gasteiger partial charge in [0.25, 0.3) is 0 Å². The summed E-state index contributed by atoms with van der Waals surface area (Å²) in [5, 5.41) is 1.31. The van der Waals surface area contributed by atoms with E-state index >= 15 is 0 Å². The third-order valence-corrected chi connectivity index (χ3v) is 3.47. The van der Waals surface area contributed by atoms with Gasteiger partial charge in [-0.05, 0) is 12.1 Å². The maximum absolute atomic E-state index is 6.19. The number of fused-ring (bicyclic) bond motifs is 2. The number of benzene rings is 1. The van der Waals surface area contributed by atoms with Gasteiger partial charge in [-0.1, -0.05) is 11.6 Å². The average Bonchev–Trinajstić information content (AvgIpc) is 3.06.